The van der Waals surface area contributed by atoms with Gasteiger partial charge in [-0.25, -0.2) is 0 Å². The van der Waals surface area contributed by atoms with Crippen LogP contribution in [0.15, 0.2) is 24.3 Å². The van der Waals surface area contributed by atoms with E-state index in [4.69, 9.17) is 11.1 Å². The summed E-state index contributed by atoms with van der Waals surface area (Å²) in [5, 5.41) is 13.0. The zero-order chi connectivity index (χ0) is 18.1. The van der Waals surface area contributed by atoms with Crippen LogP contribution in [0.4, 0.5) is 0 Å². The third kappa shape index (κ3) is 6.40. The number of hydrogen-bond donors (Lipinski definition) is 4. The predicted molar refractivity (Wildman–Crippen MR) is 102 cm³/mol. The lowest BCUT2D eigenvalue weighted by Gasteiger charge is -2.17. The van der Waals surface area contributed by atoms with Crippen molar-refractivity contribution >= 4 is 11.9 Å². The van der Waals surface area contributed by atoms with E-state index in [2.05, 4.69) is 41.8 Å². The number of guanidine groups is 1. The van der Waals surface area contributed by atoms with E-state index < -0.39 is 5.54 Å². The number of unbranched alkanes of at least 4 members (excludes halogenated alkanes) is 5. The summed E-state index contributed by atoms with van der Waals surface area (Å²) in [5.41, 5.74) is 7.16. The zero-order valence-corrected chi connectivity index (χ0v) is 15.4. The number of hydrogen-bond acceptors (Lipinski definition) is 2. The summed E-state index contributed by atoms with van der Waals surface area (Å²) in [6, 6.07) is 8.50. The smallest absolute Gasteiger partial charge is 0.246 e. The van der Waals surface area contributed by atoms with Crippen molar-refractivity contribution in [2.24, 2.45) is 5.73 Å². The average molecular weight is 345 g/mol. The van der Waals surface area contributed by atoms with Gasteiger partial charge in [-0.2, -0.15) is 0 Å². The number of carbonyl (C=O) groups excluding carboxylic acids is 1. The standard InChI is InChI=1S/C20H32N4O/c1-2-3-4-5-6-7-8-16-9-11-17(12-10-16)15-23-18(25)20(13-14-20)24-19(21)22/h9-12H,2-8,13-15H2,1H3,(H,23,25)(H4,21,22,24). The lowest BCUT2D eigenvalue weighted by molar-refractivity contribution is -0.123. The number of amides is 1. The number of nitrogens with one attached hydrogen (secondary N) is 3. The molecule has 0 unspecified atom stereocenters. The molecule has 0 aromatic heterocycles. The quantitative estimate of drug-likeness (QED) is 0.282. The molecule has 1 aliphatic rings. The molecule has 1 aliphatic carbocycles. The summed E-state index contributed by atoms with van der Waals surface area (Å²) in [6.45, 7) is 2.76. The Morgan fingerprint density at radius 2 is 1.68 bits per heavy atom. The largest absolute Gasteiger partial charge is 0.370 e. The molecule has 1 amide bonds. The number of rotatable bonds is 11. The molecular weight excluding hydrogens is 312 g/mol. The fourth-order valence-electron chi connectivity index (χ4n) is 3.08. The normalized spacial score (nSPS) is 14.8. The maximum absolute atomic E-state index is 12.2. The van der Waals surface area contributed by atoms with E-state index in [1.165, 1.54) is 44.1 Å². The Morgan fingerprint density at radius 3 is 2.28 bits per heavy atom. The Labute approximate surface area is 151 Å². The second kappa shape index (κ2) is 9.44. The minimum absolute atomic E-state index is 0.0705. The zero-order valence-electron chi connectivity index (χ0n) is 15.4. The van der Waals surface area contributed by atoms with Crippen molar-refractivity contribution in [1.82, 2.24) is 10.6 Å². The first-order valence-electron chi connectivity index (χ1n) is 9.54. The van der Waals surface area contributed by atoms with Crippen molar-refractivity contribution in [3.8, 4) is 0 Å². The summed E-state index contributed by atoms with van der Waals surface area (Å²) in [5.74, 6) is -0.217. The molecular formula is C20H32N4O. The van der Waals surface area contributed by atoms with E-state index >= 15 is 0 Å². The molecule has 0 bridgehead atoms. The fraction of sp³-hybridized carbons (Fsp3) is 0.600. The van der Waals surface area contributed by atoms with Crippen LogP contribution >= 0.6 is 0 Å². The molecule has 0 saturated heterocycles. The maximum atomic E-state index is 12.2. The van der Waals surface area contributed by atoms with Gasteiger partial charge < -0.3 is 16.4 Å². The van der Waals surface area contributed by atoms with Gasteiger partial charge in [0, 0.05) is 6.54 Å². The highest BCUT2D eigenvalue weighted by Gasteiger charge is 2.50. The van der Waals surface area contributed by atoms with Crippen LogP contribution in [0.25, 0.3) is 0 Å². The van der Waals surface area contributed by atoms with Gasteiger partial charge in [-0.3, -0.25) is 10.2 Å². The highest BCUT2D eigenvalue weighted by molar-refractivity contribution is 5.93. The molecule has 1 aromatic carbocycles. The topological polar surface area (TPSA) is 91.0 Å². The highest BCUT2D eigenvalue weighted by atomic mass is 16.2. The second-order valence-electron chi connectivity index (χ2n) is 7.14. The minimum atomic E-state index is -0.649. The van der Waals surface area contributed by atoms with Crippen molar-refractivity contribution < 1.29 is 4.79 Å². The first-order chi connectivity index (χ1) is 12.1. The van der Waals surface area contributed by atoms with Crippen LogP contribution in [0.1, 0.15) is 69.4 Å². The molecule has 2 rings (SSSR count). The Kier molecular flexibility index (Phi) is 7.29. The maximum Gasteiger partial charge on any atom is 0.246 e. The van der Waals surface area contributed by atoms with Crippen molar-refractivity contribution in [3.63, 3.8) is 0 Å². The molecule has 5 heteroatoms. The number of aryl methyl sites for hydroxylation is 1. The van der Waals surface area contributed by atoms with Gasteiger partial charge in [0.25, 0.3) is 0 Å². The Hall–Kier alpha value is -2.04. The first kappa shape index (κ1) is 19.3. The molecule has 25 heavy (non-hydrogen) atoms. The molecule has 138 valence electrons. The predicted octanol–water partition coefficient (Wildman–Crippen LogP) is 3.22. The third-order valence-corrected chi connectivity index (χ3v) is 4.85. The number of benzene rings is 1. The van der Waals surface area contributed by atoms with E-state index in [0.717, 1.165) is 24.8 Å². The molecule has 1 saturated carbocycles. The van der Waals surface area contributed by atoms with Gasteiger partial charge in [-0.1, -0.05) is 63.3 Å². The van der Waals surface area contributed by atoms with Gasteiger partial charge in [-0.05, 0) is 36.8 Å². The van der Waals surface area contributed by atoms with Gasteiger partial charge in [0.15, 0.2) is 5.96 Å². The van der Waals surface area contributed by atoms with Crippen LogP contribution in [0.2, 0.25) is 0 Å². The lowest BCUT2D eigenvalue weighted by Crippen LogP contribution is -2.50. The van der Waals surface area contributed by atoms with E-state index in [1.54, 1.807) is 0 Å². The van der Waals surface area contributed by atoms with E-state index in [1.807, 2.05) is 0 Å². The van der Waals surface area contributed by atoms with Crippen molar-refractivity contribution in [2.75, 3.05) is 0 Å². The summed E-state index contributed by atoms with van der Waals surface area (Å²) in [7, 11) is 0. The van der Waals surface area contributed by atoms with Crippen LogP contribution < -0.4 is 16.4 Å². The van der Waals surface area contributed by atoms with E-state index in [-0.39, 0.29) is 11.9 Å². The van der Waals surface area contributed by atoms with Crippen LogP contribution in [0, 0.1) is 5.41 Å². The van der Waals surface area contributed by atoms with Crippen molar-refractivity contribution in [3.05, 3.63) is 35.4 Å². The molecule has 0 aliphatic heterocycles. The summed E-state index contributed by atoms with van der Waals surface area (Å²) in [6.07, 6.45) is 10.5. The molecule has 0 radical (unpaired) electrons. The summed E-state index contributed by atoms with van der Waals surface area (Å²) in [4.78, 5) is 12.2. The SMILES string of the molecule is CCCCCCCCc1ccc(CNC(=O)C2(NC(=N)N)CC2)cc1. The molecule has 0 spiro atoms. The van der Waals surface area contributed by atoms with Crippen molar-refractivity contribution in [2.45, 2.75) is 76.8 Å². The minimum Gasteiger partial charge on any atom is -0.370 e. The number of carbonyl (C=O) groups is 1. The van der Waals surface area contributed by atoms with Crippen LogP contribution in [-0.2, 0) is 17.8 Å². The molecule has 5 nitrogen and oxygen atoms in total. The average Bonchev–Trinajstić information content (AvgIpc) is 3.37. The van der Waals surface area contributed by atoms with Gasteiger partial charge >= 0.3 is 0 Å². The highest BCUT2D eigenvalue weighted by Crippen LogP contribution is 2.35. The summed E-state index contributed by atoms with van der Waals surface area (Å²) < 4.78 is 0. The lowest BCUT2D eigenvalue weighted by atomic mass is 10.0. The van der Waals surface area contributed by atoms with Crippen LogP contribution in [-0.4, -0.2) is 17.4 Å². The molecule has 5 N–H and O–H groups in total. The van der Waals surface area contributed by atoms with Crippen LogP contribution in [0.5, 0.6) is 0 Å². The Morgan fingerprint density at radius 1 is 1.08 bits per heavy atom. The monoisotopic (exact) mass is 344 g/mol. The fourth-order valence-corrected chi connectivity index (χ4v) is 3.08. The van der Waals surface area contributed by atoms with Gasteiger partial charge in [0.05, 0.1) is 0 Å². The van der Waals surface area contributed by atoms with E-state index in [0.29, 0.717) is 6.54 Å². The van der Waals surface area contributed by atoms with Gasteiger partial charge in [0.1, 0.15) is 5.54 Å². The second-order valence-corrected chi connectivity index (χ2v) is 7.14. The van der Waals surface area contributed by atoms with Crippen LogP contribution in [0.3, 0.4) is 0 Å². The molecule has 0 atom stereocenters. The summed E-state index contributed by atoms with van der Waals surface area (Å²) >= 11 is 0. The van der Waals surface area contributed by atoms with Gasteiger partial charge in [0.2, 0.25) is 5.91 Å². The molecule has 0 heterocycles. The van der Waals surface area contributed by atoms with Crippen molar-refractivity contribution in [1.29, 1.82) is 5.41 Å². The molecule has 1 aromatic rings. The third-order valence-electron chi connectivity index (χ3n) is 4.85. The van der Waals surface area contributed by atoms with Gasteiger partial charge in [-0.15, -0.1) is 0 Å². The Bertz CT molecular complexity index is 564. The van der Waals surface area contributed by atoms with E-state index in [9.17, 15) is 4.79 Å². The Balaban J connectivity index is 1.68. The molecule has 1 fully saturated rings. The number of nitrogens with two attached hydrogens (primary N) is 1. The first-order valence-corrected chi connectivity index (χ1v) is 9.54.